The summed E-state index contributed by atoms with van der Waals surface area (Å²) in [5.74, 6) is -0.929. The standard InChI is InChI=1S/C53H92O6/c1-4-7-10-13-16-19-22-25-26-27-28-29-32-34-37-40-43-46-52(55)58-49-50(59-53(56)47-44-41-38-35-31-24-21-18-15-12-9-6-3)48-57-51(54)45-42-39-36-33-30-23-20-17-14-11-8-5-2/h16-21,25-26,28-29,50H,4-15,22-24,27,30-49H2,1-3H3/b19-16-,20-17-,21-18-,26-25-,29-28-/t50-/m1/s1. The maximum absolute atomic E-state index is 12.7. The van der Waals surface area contributed by atoms with E-state index in [4.69, 9.17) is 14.2 Å². The van der Waals surface area contributed by atoms with Crippen LogP contribution in [0.3, 0.4) is 0 Å². The first-order chi connectivity index (χ1) is 29.0. The van der Waals surface area contributed by atoms with Gasteiger partial charge in [-0.1, -0.05) is 171 Å². The molecule has 59 heavy (non-hydrogen) atoms. The lowest BCUT2D eigenvalue weighted by Crippen LogP contribution is -2.30. The van der Waals surface area contributed by atoms with Crippen molar-refractivity contribution in [2.24, 2.45) is 0 Å². The van der Waals surface area contributed by atoms with Crippen molar-refractivity contribution in [2.75, 3.05) is 13.2 Å². The molecule has 0 unspecified atom stereocenters. The second-order valence-corrected chi connectivity index (χ2v) is 16.4. The molecule has 0 spiro atoms. The van der Waals surface area contributed by atoms with Crippen LogP contribution in [-0.4, -0.2) is 37.2 Å². The number of esters is 3. The van der Waals surface area contributed by atoms with Gasteiger partial charge in [0.15, 0.2) is 6.10 Å². The van der Waals surface area contributed by atoms with Crippen molar-refractivity contribution in [1.29, 1.82) is 0 Å². The summed E-state index contributed by atoms with van der Waals surface area (Å²) in [6.45, 7) is 6.52. The summed E-state index contributed by atoms with van der Waals surface area (Å²) in [7, 11) is 0. The molecule has 0 amide bonds. The highest BCUT2D eigenvalue weighted by Crippen LogP contribution is 2.13. The Labute approximate surface area is 364 Å². The van der Waals surface area contributed by atoms with Crippen LogP contribution in [0.15, 0.2) is 60.8 Å². The molecular formula is C53H92O6. The van der Waals surface area contributed by atoms with Gasteiger partial charge in [0.05, 0.1) is 0 Å². The third kappa shape index (κ3) is 46.0. The van der Waals surface area contributed by atoms with E-state index in [0.29, 0.717) is 19.3 Å². The number of allylic oxidation sites excluding steroid dienone is 10. The van der Waals surface area contributed by atoms with E-state index in [2.05, 4.69) is 81.5 Å². The summed E-state index contributed by atoms with van der Waals surface area (Å²) < 4.78 is 16.7. The first-order valence-corrected chi connectivity index (χ1v) is 24.8. The maximum atomic E-state index is 12.7. The van der Waals surface area contributed by atoms with Crippen molar-refractivity contribution in [3.8, 4) is 0 Å². The Balaban J connectivity index is 4.42. The van der Waals surface area contributed by atoms with Crippen LogP contribution in [0.5, 0.6) is 0 Å². The van der Waals surface area contributed by atoms with E-state index in [9.17, 15) is 14.4 Å². The molecule has 6 nitrogen and oxygen atoms in total. The average Bonchev–Trinajstić information content (AvgIpc) is 3.23. The zero-order valence-electron chi connectivity index (χ0n) is 38.8. The summed E-state index contributed by atoms with van der Waals surface area (Å²) in [6, 6.07) is 0. The molecule has 0 saturated heterocycles. The Morgan fingerprint density at radius 3 is 0.966 bits per heavy atom. The highest BCUT2D eigenvalue weighted by molar-refractivity contribution is 5.71. The van der Waals surface area contributed by atoms with Crippen molar-refractivity contribution in [3.63, 3.8) is 0 Å². The van der Waals surface area contributed by atoms with Crippen LogP contribution in [0.1, 0.15) is 239 Å². The normalized spacial score (nSPS) is 12.5. The third-order valence-electron chi connectivity index (χ3n) is 10.5. The zero-order chi connectivity index (χ0) is 43.0. The van der Waals surface area contributed by atoms with E-state index in [1.165, 1.54) is 96.3 Å². The molecule has 0 bridgehead atoms. The molecule has 0 fully saturated rings. The fourth-order valence-electron chi connectivity index (χ4n) is 6.67. The first kappa shape index (κ1) is 56.1. The van der Waals surface area contributed by atoms with Gasteiger partial charge in [-0.3, -0.25) is 14.4 Å². The molecule has 340 valence electrons. The second-order valence-electron chi connectivity index (χ2n) is 16.4. The molecule has 6 heteroatoms. The number of hydrogen-bond acceptors (Lipinski definition) is 6. The fourth-order valence-corrected chi connectivity index (χ4v) is 6.67. The smallest absolute Gasteiger partial charge is 0.306 e. The summed E-state index contributed by atoms with van der Waals surface area (Å²) in [4.78, 5) is 37.9. The van der Waals surface area contributed by atoms with Gasteiger partial charge in [0.1, 0.15) is 13.2 Å². The monoisotopic (exact) mass is 825 g/mol. The van der Waals surface area contributed by atoms with Crippen LogP contribution in [0.4, 0.5) is 0 Å². The highest BCUT2D eigenvalue weighted by Gasteiger charge is 2.19. The average molecular weight is 825 g/mol. The van der Waals surface area contributed by atoms with Gasteiger partial charge in [-0.15, -0.1) is 0 Å². The predicted molar refractivity (Wildman–Crippen MR) is 251 cm³/mol. The molecule has 0 aromatic heterocycles. The summed E-state index contributed by atoms with van der Waals surface area (Å²) >= 11 is 0. The van der Waals surface area contributed by atoms with E-state index in [-0.39, 0.29) is 31.1 Å². The summed E-state index contributed by atoms with van der Waals surface area (Å²) in [5, 5.41) is 0. The first-order valence-electron chi connectivity index (χ1n) is 24.8. The Morgan fingerprint density at radius 1 is 0.339 bits per heavy atom. The maximum Gasteiger partial charge on any atom is 0.306 e. The summed E-state index contributed by atoms with van der Waals surface area (Å²) in [5.41, 5.74) is 0. The molecule has 0 aromatic rings. The van der Waals surface area contributed by atoms with Gasteiger partial charge in [0.25, 0.3) is 0 Å². The van der Waals surface area contributed by atoms with Crippen LogP contribution in [0.25, 0.3) is 0 Å². The Kier molecular flexibility index (Phi) is 45.4. The number of carbonyl (C=O) groups is 3. The van der Waals surface area contributed by atoms with Crippen molar-refractivity contribution < 1.29 is 28.6 Å². The van der Waals surface area contributed by atoms with Crippen LogP contribution in [0.2, 0.25) is 0 Å². The molecule has 0 aliphatic carbocycles. The van der Waals surface area contributed by atoms with Crippen LogP contribution in [-0.2, 0) is 28.6 Å². The lowest BCUT2D eigenvalue weighted by molar-refractivity contribution is -0.167. The van der Waals surface area contributed by atoms with Gasteiger partial charge in [-0.2, -0.15) is 0 Å². The van der Waals surface area contributed by atoms with Crippen molar-refractivity contribution >= 4 is 17.9 Å². The van der Waals surface area contributed by atoms with Gasteiger partial charge in [-0.05, 0) is 109 Å². The van der Waals surface area contributed by atoms with E-state index >= 15 is 0 Å². The van der Waals surface area contributed by atoms with Gasteiger partial charge in [-0.25, -0.2) is 0 Å². The number of carbonyl (C=O) groups excluding carboxylic acids is 3. The molecule has 0 aliphatic rings. The Morgan fingerprint density at radius 2 is 0.610 bits per heavy atom. The highest BCUT2D eigenvalue weighted by atomic mass is 16.6. The van der Waals surface area contributed by atoms with Gasteiger partial charge in [0.2, 0.25) is 0 Å². The molecule has 0 N–H and O–H groups in total. The van der Waals surface area contributed by atoms with E-state index in [0.717, 1.165) is 103 Å². The van der Waals surface area contributed by atoms with Crippen molar-refractivity contribution in [1.82, 2.24) is 0 Å². The third-order valence-corrected chi connectivity index (χ3v) is 10.5. The number of unbranched alkanes of at least 4 members (excludes halogenated alkanes) is 23. The molecule has 0 radical (unpaired) electrons. The molecule has 0 rings (SSSR count). The number of rotatable bonds is 44. The van der Waals surface area contributed by atoms with Crippen molar-refractivity contribution in [2.45, 2.75) is 245 Å². The van der Waals surface area contributed by atoms with Gasteiger partial charge < -0.3 is 14.2 Å². The minimum Gasteiger partial charge on any atom is -0.462 e. The Hall–Kier alpha value is -2.89. The van der Waals surface area contributed by atoms with Gasteiger partial charge in [0, 0.05) is 19.3 Å². The van der Waals surface area contributed by atoms with Crippen molar-refractivity contribution in [3.05, 3.63) is 60.8 Å². The fraction of sp³-hybridized carbons (Fsp3) is 0.755. The summed E-state index contributed by atoms with van der Waals surface area (Å²) in [6.07, 6.45) is 57.7. The predicted octanol–water partition coefficient (Wildman–Crippen LogP) is 16.1. The zero-order valence-corrected chi connectivity index (χ0v) is 38.8. The SMILES string of the molecule is CCCCC/C=C\C/C=C\C/C=C\CCCCCCC(=O)OC[C@@H](COC(=O)CCCCCCC/C=C\CCCCC)OC(=O)CCCCCCC/C=C\CCCCC. The lowest BCUT2D eigenvalue weighted by Gasteiger charge is -2.18. The van der Waals surface area contributed by atoms with Crippen LogP contribution >= 0.6 is 0 Å². The molecule has 1 atom stereocenters. The lowest BCUT2D eigenvalue weighted by atomic mass is 10.1. The minimum atomic E-state index is -0.789. The Bertz CT molecular complexity index is 1090. The molecule has 0 heterocycles. The topological polar surface area (TPSA) is 78.9 Å². The van der Waals surface area contributed by atoms with E-state index < -0.39 is 6.10 Å². The quantitative estimate of drug-likeness (QED) is 0.0263. The number of ether oxygens (including phenoxy) is 3. The van der Waals surface area contributed by atoms with Crippen LogP contribution < -0.4 is 0 Å². The van der Waals surface area contributed by atoms with E-state index in [1.807, 2.05) is 0 Å². The molecule has 0 saturated carbocycles. The molecular weight excluding hydrogens is 733 g/mol. The largest absolute Gasteiger partial charge is 0.462 e. The van der Waals surface area contributed by atoms with Crippen LogP contribution in [0, 0.1) is 0 Å². The number of hydrogen-bond donors (Lipinski definition) is 0. The second kappa shape index (κ2) is 47.8. The van der Waals surface area contributed by atoms with Gasteiger partial charge >= 0.3 is 17.9 Å². The molecule has 0 aromatic carbocycles. The minimum absolute atomic E-state index is 0.0894. The molecule has 0 aliphatic heterocycles. The van der Waals surface area contributed by atoms with E-state index in [1.54, 1.807) is 0 Å².